The molecule has 0 unspecified atom stereocenters. The molecule has 3 aromatic rings. The lowest BCUT2D eigenvalue weighted by Crippen LogP contribution is -2.22. The average molecular weight is 312 g/mol. The second-order valence-electron chi connectivity index (χ2n) is 4.70. The van der Waals surface area contributed by atoms with Gasteiger partial charge in [-0.25, -0.2) is 0 Å². The summed E-state index contributed by atoms with van der Waals surface area (Å²) in [5, 5.41) is 18.0. The maximum atomic E-state index is 12.7. The first-order chi connectivity index (χ1) is 11.2. The van der Waals surface area contributed by atoms with E-state index < -0.39 is 0 Å². The topological polar surface area (TPSA) is 97.7 Å². The van der Waals surface area contributed by atoms with Gasteiger partial charge in [0.25, 0.3) is 5.56 Å². The van der Waals surface area contributed by atoms with E-state index in [1.165, 1.54) is 4.68 Å². The van der Waals surface area contributed by atoms with Crippen LogP contribution in [-0.4, -0.2) is 38.3 Å². The van der Waals surface area contributed by atoms with Crippen LogP contribution in [-0.2, 0) is 0 Å². The minimum atomic E-state index is -0.306. The van der Waals surface area contributed by atoms with E-state index in [0.717, 1.165) is 5.75 Å². The predicted molar refractivity (Wildman–Crippen MR) is 87.1 cm³/mol. The summed E-state index contributed by atoms with van der Waals surface area (Å²) < 4.78 is 6.62. The molecule has 0 saturated carbocycles. The second-order valence-corrected chi connectivity index (χ2v) is 4.70. The molecule has 0 amide bonds. The molecule has 118 valence electrons. The third kappa shape index (κ3) is 2.78. The van der Waals surface area contributed by atoms with E-state index >= 15 is 0 Å². The SMILES string of the molecule is C=CCNc1n[nH]c2nnn(-c3ccc(OCC)cc3)c(=O)c12. The van der Waals surface area contributed by atoms with E-state index in [0.29, 0.717) is 35.7 Å². The molecule has 0 spiro atoms. The molecule has 2 N–H and O–H groups in total. The Morgan fingerprint density at radius 2 is 2.17 bits per heavy atom. The number of H-pyrrole nitrogens is 1. The highest BCUT2D eigenvalue weighted by Crippen LogP contribution is 2.16. The zero-order valence-corrected chi connectivity index (χ0v) is 12.6. The van der Waals surface area contributed by atoms with Gasteiger partial charge >= 0.3 is 0 Å². The number of rotatable bonds is 6. The number of nitrogens with zero attached hydrogens (tertiary/aromatic N) is 4. The number of benzene rings is 1. The van der Waals surface area contributed by atoms with Crippen LogP contribution in [0.4, 0.5) is 5.82 Å². The Balaban J connectivity index is 2.05. The molecule has 0 aliphatic rings. The van der Waals surface area contributed by atoms with Crippen LogP contribution in [0.3, 0.4) is 0 Å². The van der Waals surface area contributed by atoms with Gasteiger partial charge in [0.1, 0.15) is 11.1 Å². The molecular formula is C15H16N6O2. The van der Waals surface area contributed by atoms with Crippen molar-refractivity contribution < 1.29 is 4.74 Å². The van der Waals surface area contributed by atoms with Gasteiger partial charge in [-0.3, -0.25) is 9.89 Å². The zero-order chi connectivity index (χ0) is 16.2. The number of hydrogen-bond acceptors (Lipinski definition) is 6. The molecule has 0 atom stereocenters. The fraction of sp³-hybridized carbons (Fsp3) is 0.200. The maximum Gasteiger partial charge on any atom is 0.287 e. The summed E-state index contributed by atoms with van der Waals surface area (Å²) in [4.78, 5) is 12.7. The quantitative estimate of drug-likeness (QED) is 0.669. The van der Waals surface area contributed by atoms with Gasteiger partial charge in [-0.1, -0.05) is 11.3 Å². The number of aromatic nitrogens is 5. The first-order valence-corrected chi connectivity index (χ1v) is 7.16. The van der Waals surface area contributed by atoms with Gasteiger partial charge < -0.3 is 10.1 Å². The Morgan fingerprint density at radius 1 is 1.39 bits per heavy atom. The molecular weight excluding hydrogens is 296 g/mol. The molecule has 0 aliphatic heterocycles. The summed E-state index contributed by atoms with van der Waals surface area (Å²) >= 11 is 0. The van der Waals surface area contributed by atoms with Crippen molar-refractivity contribution in [1.29, 1.82) is 0 Å². The Morgan fingerprint density at radius 3 is 2.87 bits per heavy atom. The van der Waals surface area contributed by atoms with Crippen molar-refractivity contribution in [2.75, 3.05) is 18.5 Å². The van der Waals surface area contributed by atoms with Crippen LogP contribution in [0.15, 0.2) is 41.7 Å². The zero-order valence-electron chi connectivity index (χ0n) is 12.6. The second kappa shape index (κ2) is 6.30. The van der Waals surface area contributed by atoms with E-state index in [4.69, 9.17) is 4.74 Å². The van der Waals surface area contributed by atoms with Crippen molar-refractivity contribution >= 4 is 16.9 Å². The molecule has 0 bridgehead atoms. The Kier molecular flexibility index (Phi) is 4.05. The Hall–Kier alpha value is -3.16. The van der Waals surface area contributed by atoms with Gasteiger partial charge in [-0.15, -0.1) is 11.7 Å². The molecule has 0 aliphatic carbocycles. The van der Waals surface area contributed by atoms with Crippen molar-refractivity contribution in [2.45, 2.75) is 6.92 Å². The van der Waals surface area contributed by atoms with Crippen LogP contribution < -0.4 is 15.6 Å². The maximum absolute atomic E-state index is 12.7. The van der Waals surface area contributed by atoms with Crippen molar-refractivity contribution in [2.24, 2.45) is 0 Å². The summed E-state index contributed by atoms with van der Waals surface area (Å²) in [7, 11) is 0. The Labute approximate surface area is 131 Å². The molecule has 8 heteroatoms. The number of anilines is 1. The van der Waals surface area contributed by atoms with Crippen LogP contribution in [0.5, 0.6) is 5.75 Å². The molecule has 23 heavy (non-hydrogen) atoms. The molecule has 0 saturated heterocycles. The van der Waals surface area contributed by atoms with Crippen molar-refractivity contribution in [3.05, 3.63) is 47.3 Å². The molecule has 8 nitrogen and oxygen atoms in total. The van der Waals surface area contributed by atoms with E-state index in [9.17, 15) is 4.79 Å². The highest BCUT2D eigenvalue weighted by molar-refractivity contribution is 5.85. The lowest BCUT2D eigenvalue weighted by Gasteiger charge is -2.06. The predicted octanol–water partition coefficient (Wildman–Crippen LogP) is 1.50. The van der Waals surface area contributed by atoms with Crippen LogP contribution >= 0.6 is 0 Å². The average Bonchev–Trinajstić information content (AvgIpc) is 2.98. The lowest BCUT2D eigenvalue weighted by atomic mass is 10.3. The third-order valence-corrected chi connectivity index (χ3v) is 3.19. The molecule has 3 rings (SSSR count). The van der Waals surface area contributed by atoms with Crippen molar-refractivity contribution in [3.8, 4) is 11.4 Å². The molecule has 0 fully saturated rings. The normalized spacial score (nSPS) is 10.7. The number of ether oxygens (including phenoxy) is 1. The van der Waals surface area contributed by atoms with E-state index in [1.807, 2.05) is 6.92 Å². The highest BCUT2D eigenvalue weighted by atomic mass is 16.5. The largest absolute Gasteiger partial charge is 0.494 e. The van der Waals surface area contributed by atoms with E-state index in [-0.39, 0.29) is 5.56 Å². The van der Waals surface area contributed by atoms with Crippen LogP contribution in [0.25, 0.3) is 16.7 Å². The summed E-state index contributed by atoms with van der Waals surface area (Å²) in [6, 6.07) is 7.07. The highest BCUT2D eigenvalue weighted by Gasteiger charge is 2.14. The summed E-state index contributed by atoms with van der Waals surface area (Å²) in [6.45, 7) is 6.61. The minimum Gasteiger partial charge on any atom is -0.494 e. The fourth-order valence-corrected chi connectivity index (χ4v) is 2.16. The molecule has 0 radical (unpaired) electrons. The summed E-state index contributed by atoms with van der Waals surface area (Å²) in [6.07, 6.45) is 1.68. The van der Waals surface area contributed by atoms with E-state index in [2.05, 4.69) is 32.4 Å². The van der Waals surface area contributed by atoms with E-state index in [1.54, 1.807) is 30.3 Å². The molecule has 2 heterocycles. The van der Waals surface area contributed by atoms with Crippen molar-refractivity contribution in [1.82, 2.24) is 25.2 Å². The van der Waals surface area contributed by atoms with Gasteiger partial charge in [0.2, 0.25) is 0 Å². The van der Waals surface area contributed by atoms with Gasteiger partial charge in [-0.05, 0) is 31.2 Å². The Bertz CT molecular complexity index is 881. The van der Waals surface area contributed by atoms with Crippen LogP contribution in [0.1, 0.15) is 6.92 Å². The minimum absolute atomic E-state index is 0.306. The van der Waals surface area contributed by atoms with Gasteiger partial charge in [0, 0.05) is 6.54 Å². The molecule has 2 aromatic heterocycles. The number of aromatic amines is 1. The first kappa shape index (κ1) is 14.8. The van der Waals surface area contributed by atoms with Gasteiger partial charge in [0.05, 0.1) is 12.3 Å². The smallest absolute Gasteiger partial charge is 0.287 e. The lowest BCUT2D eigenvalue weighted by molar-refractivity contribution is 0.340. The molecule has 1 aromatic carbocycles. The number of nitrogens with one attached hydrogen (secondary N) is 2. The standard InChI is InChI=1S/C15H16N6O2/c1-3-9-16-13-12-14(18-17-13)19-20-21(15(12)22)10-5-7-11(8-6-10)23-4-2/h3,5-8H,1,4,9H2,2H3,(H2,16,17,18). The number of hydrogen-bond donors (Lipinski definition) is 2. The third-order valence-electron chi connectivity index (χ3n) is 3.19. The monoisotopic (exact) mass is 312 g/mol. The van der Waals surface area contributed by atoms with Crippen LogP contribution in [0, 0.1) is 0 Å². The van der Waals surface area contributed by atoms with Gasteiger partial charge in [0.15, 0.2) is 11.5 Å². The summed E-state index contributed by atoms with van der Waals surface area (Å²) in [5.41, 5.74) is 0.631. The number of fused-ring (bicyclic) bond motifs is 1. The van der Waals surface area contributed by atoms with Crippen molar-refractivity contribution in [3.63, 3.8) is 0 Å². The fourth-order valence-electron chi connectivity index (χ4n) is 2.16. The first-order valence-electron chi connectivity index (χ1n) is 7.16. The van der Waals surface area contributed by atoms with Crippen LogP contribution in [0.2, 0.25) is 0 Å². The van der Waals surface area contributed by atoms with Gasteiger partial charge in [-0.2, -0.15) is 9.78 Å². The summed E-state index contributed by atoms with van der Waals surface area (Å²) in [5.74, 6) is 1.16.